The minimum atomic E-state index is -3.74. The molecule has 0 saturated heterocycles. The average Bonchev–Trinajstić information content (AvgIpc) is 2.28. The highest BCUT2D eigenvalue weighted by Gasteiger charge is 2.23. The van der Waals surface area contributed by atoms with Crippen molar-refractivity contribution in [2.75, 3.05) is 5.73 Å². The number of anilines is 1. The van der Waals surface area contributed by atoms with Crippen LogP contribution in [0.4, 0.5) is 5.69 Å². The maximum Gasteiger partial charge on any atom is 0.240 e. The van der Waals surface area contributed by atoms with Crippen LogP contribution in [-0.4, -0.2) is 8.42 Å². The van der Waals surface area contributed by atoms with Gasteiger partial charge in [-0.3, -0.25) is 0 Å². The smallest absolute Gasteiger partial charge is 0.240 e. The zero-order chi connectivity index (χ0) is 13.3. The van der Waals surface area contributed by atoms with E-state index < -0.39 is 10.0 Å². The maximum atomic E-state index is 11.5. The van der Waals surface area contributed by atoms with Crippen LogP contribution in [0.25, 0.3) is 0 Å². The molecule has 19 heavy (non-hydrogen) atoms. The van der Waals surface area contributed by atoms with Crippen LogP contribution in [0, 0.1) is 6.92 Å². The molecule has 0 spiro atoms. The maximum absolute atomic E-state index is 11.5. The average molecular weight is 305 g/mol. The van der Waals surface area contributed by atoms with Crippen molar-refractivity contribution in [2.24, 2.45) is 5.14 Å². The number of halogens is 1. The number of aryl methyl sites for hydroxylation is 1. The van der Waals surface area contributed by atoms with Crippen LogP contribution in [0.1, 0.15) is 49.1 Å². The van der Waals surface area contributed by atoms with Crippen LogP contribution < -0.4 is 10.9 Å². The van der Waals surface area contributed by atoms with Gasteiger partial charge in [-0.25, -0.2) is 13.6 Å². The fourth-order valence-corrected chi connectivity index (χ4v) is 3.58. The second-order valence-corrected chi connectivity index (χ2v) is 6.62. The van der Waals surface area contributed by atoms with Gasteiger partial charge in [0.1, 0.15) is 4.90 Å². The normalized spacial score (nSPS) is 16.9. The molecule has 0 aromatic heterocycles. The van der Waals surface area contributed by atoms with Crippen molar-refractivity contribution in [3.63, 3.8) is 0 Å². The van der Waals surface area contributed by atoms with E-state index in [4.69, 9.17) is 10.9 Å². The molecule has 4 N–H and O–H groups in total. The number of sulfonamides is 1. The molecule has 0 heterocycles. The summed E-state index contributed by atoms with van der Waals surface area (Å²) in [6.45, 7) is 1.98. The van der Waals surface area contributed by atoms with E-state index in [0.717, 1.165) is 24.0 Å². The number of hydrogen-bond acceptors (Lipinski definition) is 3. The molecule has 2 rings (SSSR count). The van der Waals surface area contributed by atoms with E-state index in [2.05, 4.69) is 0 Å². The van der Waals surface area contributed by atoms with Gasteiger partial charge < -0.3 is 5.73 Å². The zero-order valence-corrected chi connectivity index (χ0v) is 12.7. The first-order chi connectivity index (χ1) is 8.41. The van der Waals surface area contributed by atoms with E-state index in [0.29, 0.717) is 11.6 Å². The Labute approximate surface area is 121 Å². The van der Waals surface area contributed by atoms with E-state index >= 15 is 0 Å². The molecule has 0 unspecified atom stereocenters. The predicted octanol–water partition coefficient (Wildman–Crippen LogP) is 2.69. The molecule has 1 aromatic rings. The highest BCUT2D eigenvalue weighted by Crippen LogP contribution is 2.39. The van der Waals surface area contributed by atoms with Crippen LogP contribution in [-0.2, 0) is 10.0 Å². The summed E-state index contributed by atoms with van der Waals surface area (Å²) in [5, 5.41) is 5.20. The van der Waals surface area contributed by atoms with E-state index in [-0.39, 0.29) is 17.3 Å². The molecule has 1 aliphatic rings. The Morgan fingerprint density at radius 2 is 1.74 bits per heavy atom. The van der Waals surface area contributed by atoms with Gasteiger partial charge in [0, 0.05) is 0 Å². The number of hydrogen-bond donors (Lipinski definition) is 2. The van der Waals surface area contributed by atoms with Gasteiger partial charge in [-0.15, -0.1) is 12.4 Å². The number of rotatable bonds is 2. The monoisotopic (exact) mass is 304 g/mol. The van der Waals surface area contributed by atoms with Gasteiger partial charge in [0.25, 0.3) is 0 Å². The third kappa shape index (κ3) is 3.41. The standard InChI is InChI=1S/C13H20N2O2S.ClH/c1-9-7-8-11(18(15,16)17)13(14)12(9)10-5-3-2-4-6-10;/h7-8,10H,2-6,14H2,1H3,(H2,15,16,17);1H. The van der Waals surface area contributed by atoms with Crippen molar-refractivity contribution >= 4 is 28.1 Å². The molecule has 4 nitrogen and oxygen atoms in total. The minimum absolute atomic E-state index is 0. The fraction of sp³-hybridized carbons (Fsp3) is 0.538. The molecule has 0 aliphatic heterocycles. The largest absolute Gasteiger partial charge is 0.397 e. The molecule has 108 valence electrons. The molecule has 1 aliphatic carbocycles. The van der Waals surface area contributed by atoms with Crippen molar-refractivity contribution in [3.05, 3.63) is 23.3 Å². The molecule has 0 amide bonds. The second kappa shape index (κ2) is 6.11. The van der Waals surface area contributed by atoms with Gasteiger partial charge >= 0.3 is 0 Å². The topological polar surface area (TPSA) is 86.2 Å². The van der Waals surface area contributed by atoms with Crippen LogP contribution in [0.2, 0.25) is 0 Å². The lowest BCUT2D eigenvalue weighted by Gasteiger charge is -2.25. The molecule has 0 atom stereocenters. The van der Waals surface area contributed by atoms with Crippen LogP contribution in [0.3, 0.4) is 0 Å². The van der Waals surface area contributed by atoms with E-state index in [1.54, 1.807) is 6.07 Å². The lowest BCUT2D eigenvalue weighted by atomic mass is 9.81. The third-order valence-electron chi connectivity index (χ3n) is 3.79. The van der Waals surface area contributed by atoms with Crippen molar-refractivity contribution in [1.82, 2.24) is 0 Å². The van der Waals surface area contributed by atoms with E-state index in [1.165, 1.54) is 25.3 Å². The Morgan fingerprint density at radius 3 is 2.26 bits per heavy atom. The molecule has 0 radical (unpaired) electrons. The van der Waals surface area contributed by atoms with Crippen LogP contribution >= 0.6 is 12.4 Å². The number of primary sulfonamides is 1. The SMILES string of the molecule is Cc1ccc(S(N)(=O)=O)c(N)c1C1CCCCC1.Cl. The van der Waals surface area contributed by atoms with Gasteiger partial charge in [0.05, 0.1) is 5.69 Å². The molecule has 1 aromatic carbocycles. The molecular weight excluding hydrogens is 284 g/mol. The van der Waals surface area contributed by atoms with Gasteiger partial charge in [0.2, 0.25) is 10.0 Å². The Kier molecular flexibility index (Phi) is 5.24. The van der Waals surface area contributed by atoms with E-state index in [9.17, 15) is 8.42 Å². The molecular formula is C13H21ClN2O2S. The summed E-state index contributed by atoms with van der Waals surface area (Å²) in [5.74, 6) is 0.375. The summed E-state index contributed by atoms with van der Waals surface area (Å²) in [6, 6.07) is 3.31. The predicted molar refractivity (Wildman–Crippen MR) is 80.0 cm³/mol. The van der Waals surface area contributed by atoms with Crippen molar-refractivity contribution in [2.45, 2.75) is 49.8 Å². The van der Waals surface area contributed by atoms with Gasteiger partial charge in [-0.05, 0) is 42.9 Å². The highest BCUT2D eigenvalue weighted by molar-refractivity contribution is 7.89. The first-order valence-electron chi connectivity index (χ1n) is 6.33. The minimum Gasteiger partial charge on any atom is -0.397 e. The number of nitrogen functional groups attached to an aromatic ring is 1. The Balaban J connectivity index is 0.00000180. The first-order valence-corrected chi connectivity index (χ1v) is 7.87. The summed E-state index contributed by atoms with van der Waals surface area (Å²) in [5.41, 5.74) is 8.44. The second-order valence-electron chi connectivity index (χ2n) is 5.09. The third-order valence-corrected chi connectivity index (χ3v) is 4.75. The molecule has 1 saturated carbocycles. The summed E-state index contributed by atoms with van der Waals surface area (Å²) >= 11 is 0. The fourth-order valence-electron chi connectivity index (χ4n) is 2.91. The quantitative estimate of drug-likeness (QED) is 0.824. The zero-order valence-electron chi connectivity index (χ0n) is 11.1. The van der Waals surface area contributed by atoms with Crippen molar-refractivity contribution < 1.29 is 8.42 Å². The number of benzene rings is 1. The number of nitrogens with two attached hydrogens (primary N) is 2. The molecule has 0 bridgehead atoms. The summed E-state index contributed by atoms with van der Waals surface area (Å²) in [4.78, 5) is 0.0636. The van der Waals surface area contributed by atoms with Gasteiger partial charge in [-0.2, -0.15) is 0 Å². The molecule has 1 fully saturated rings. The summed E-state index contributed by atoms with van der Waals surface area (Å²) in [6.07, 6.45) is 5.79. The molecule has 6 heteroatoms. The first kappa shape index (κ1) is 16.3. The lowest BCUT2D eigenvalue weighted by Crippen LogP contribution is -2.17. The van der Waals surface area contributed by atoms with E-state index in [1.807, 2.05) is 6.92 Å². The Bertz CT molecular complexity index is 552. The van der Waals surface area contributed by atoms with Crippen molar-refractivity contribution in [3.8, 4) is 0 Å². The highest BCUT2D eigenvalue weighted by atomic mass is 35.5. The summed E-state index contributed by atoms with van der Waals surface area (Å²) < 4.78 is 23.0. The van der Waals surface area contributed by atoms with Gasteiger partial charge in [0.15, 0.2) is 0 Å². The van der Waals surface area contributed by atoms with Crippen molar-refractivity contribution in [1.29, 1.82) is 0 Å². The lowest BCUT2D eigenvalue weighted by molar-refractivity contribution is 0.443. The van der Waals surface area contributed by atoms with Crippen LogP contribution in [0.5, 0.6) is 0 Å². The van der Waals surface area contributed by atoms with Gasteiger partial charge in [-0.1, -0.05) is 25.3 Å². The Hall–Kier alpha value is -0.780. The summed E-state index contributed by atoms with van der Waals surface area (Å²) in [7, 11) is -3.74. The van der Waals surface area contributed by atoms with Crippen LogP contribution in [0.15, 0.2) is 17.0 Å². The Morgan fingerprint density at radius 1 is 1.16 bits per heavy atom.